The molecule has 1 aromatic rings. The minimum Gasteiger partial charge on any atom is -0.481 e. The number of hydrogen-bond donors (Lipinski definition) is 2. The summed E-state index contributed by atoms with van der Waals surface area (Å²) in [6, 6.07) is 5.35. The number of pyridine rings is 1. The molecule has 0 fully saturated rings. The van der Waals surface area contributed by atoms with E-state index in [1.165, 1.54) is 0 Å². The van der Waals surface area contributed by atoms with Crippen LogP contribution in [0, 0.1) is 17.2 Å². The van der Waals surface area contributed by atoms with Gasteiger partial charge < -0.3 is 10.4 Å². The number of aromatic nitrogens is 1. The number of aliphatic carboxylic acids is 1. The number of carboxylic acids is 1. The summed E-state index contributed by atoms with van der Waals surface area (Å²) in [4.78, 5) is 14.5. The van der Waals surface area contributed by atoms with Crippen molar-refractivity contribution >= 4 is 11.8 Å². The molecule has 0 aliphatic carbocycles. The predicted molar refractivity (Wildman–Crippen MR) is 63.5 cm³/mol. The Morgan fingerprint density at radius 3 is 3.12 bits per heavy atom. The normalized spacial score (nSPS) is 11.5. The van der Waals surface area contributed by atoms with Gasteiger partial charge in [-0.3, -0.25) is 4.79 Å². The molecule has 1 rings (SSSR count). The Morgan fingerprint density at radius 2 is 2.47 bits per heavy atom. The quantitative estimate of drug-likeness (QED) is 0.783. The first-order chi connectivity index (χ1) is 8.11. The van der Waals surface area contributed by atoms with E-state index in [2.05, 4.69) is 10.3 Å². The SMILES string of the molecule is CC(CCC(=O)O)CNc1cc(C#N)ccn1. The Balaban J connectivity index is 2.39. The van der Waals surface area contributed by atoms with Crippen molar-refractivity contribution in [3.8, 4) is 6.07 Å². The second-order valence-electron chi connectivity index (χ2n) is 3.96. The second kappa shape index (κ2) is 6.48. The molecular weight excluding hydrogens is 218 g/mol. The summed E-state index contributed by atoms with van der Waals surface area (Å²) in [6.07, 6.45) is 2.37. The lowest BCUT2D eigenvalue weighted by molar-refractivity contribution is -0.137. The van der Waals surface area contributed by atoms with Gasteiger partial charge >= 0.3 is 5.97 Å². The van der Waals surface area contributed by atoms with Crippen LogP contribution in [0.15, 0.2) is 18.3 Å². The van der Waals surface area contributed by atoms with Gasteiger partial charge in [-0.1, -0.05) is 6.92 Å². The molecule has 0 saturated heterocycles. The molecule has 90 valence electrons. The molecule has 0 spiro atoms. The predicted octanol–water partition coefficient (Wildman–Crippen LogP) is 1.87. The monoisotopic (exact) mass is 233 g/mol. The van der Waals surface area contributed by atoms with Gasteiger partial charge in [-0.25, -0.2) is 4.98 Å². The highest BCUT2D eigenvalue weighted by Crippen LogP contribution is 2.09. The van der Waals surface area contributed by atoms with E-state index in [4.69, 9.17) is 10.4 Å². The van der Waals surface area contributed by atoms with Gasteiger partial charge in [0.1, 0.15) is 5.82 Å². The first-order valence-corrected chi connectivity index (χ1v) is 5.43. The van der Waals surface area contributed by atoms with Gasteiger partial charge in [0.05, 0.1) is 11.6 Å². The Hall–Kier alpha value is -2.09. The lowest BCUT2D eigenvalue weighted by Gasteiger charge is -2.11. The van der Waals surface area contributed by atoms with Crippen LogP contribution in [0.1, 0.15) is 25.3 Å². The Labute approximate surface area is 100 Å². The molecule has 0 amide bonds. The topological polar surface area (TPSA) is 86.0 Å². The van der Waals surface area contributed by atoms with Gasteiger partial charge in [0.25, 0.3) is 0 Å². The smallest absolute Gasteiger partial charge is 0.303 e. The van der Waals surface area contributed by atoms with E-state index in [0.29, 0.717) is 24.3 Å². The van der Waals surface area contributed by atoms with Crippen LogP contribution in [0.5, 0.6) is 0 Å². The molecule has 0 aliphatic rings. The van der Waals surface area contributed by atoms with Gasteiger partial charge in [0.2, 0.25) is 0 Å². The zero-order valence-corrected chi connectivity index (χ0v) is 9.68. The molecule has 1 heterocycles. The fraction of sp³-hybridized carbons (Fsp3) is 0.417. The van der Waals surface area contributed by atoms with Crippen LogP contribution >= 0.6 is 0 Å². The van der Waals surface area contributed by atoms with Crippen LogP contribution < -0.4 is 5.32 Å². The summed E-state index contributed by atoms with van der Waals surface area (Å²) in [6.45, 7) is 2.62. The molecule has 0 bridgehead atoms. The zero-order chi connectivity index (χ0) is 12.7. The molecule has 1 aromatic heterocycles. The molecule has 2 N–H and O–H groups in total. The molecule has 0 aliphatic heterocycles. The largest absolute Gasteiger partial charge is 0.481 e. The van der Waals surface area contributed by atoms with Crippen molar-refractivity contribution < 1.29 is 9.90 Å². The zero-order valence-electron chi connectivity index (χ0n) is 9.68. The highest BCUT2D eigenvalue weighted by Gasteiger charge is 2.05. The maximum Gasteiger partial charge on any atom is 0.303 e. The van der Waals surface area contributed by atoms with Crippen LogP contribution in [-0.2, 0) is 4.79 Å². The Bertz CT molecular complexity index is 426. The van der Waals surface area contributed by atoms with Crippen LogP contribution in [0.25, 0.3) is 0 Å². The van der Waals surface area contributed by atoms with E-state index < -0.39 is 5.97 Å². The fourth-order valence-electron chi connectivity index (χ4n) is 1.35. The number of carbonyl (C=O) groups is 1. The highest BCUT2D eigenvalue weighted by molar-refractivity contribution is 5.66. The number of rotatable bonds is 6. The number of anilines is 1. The van der Waals surface area contributed by atoms with Gasteiger partial charge in [0, 0.05) is 19.2 Å². The molecule has 0 radical (unpaired) electrons. The molecule has 17 heavy (non-hydrogen) atoms. The van der Waals surface area contributed by atoms with Crippen molar-refractivity contribution in [2.75, 3.05) is 11.9 Å². The summed E-state index contributed by atoms with van der Waals surface area (Å²) in [7, 11) is 0. The molecule has 0 aromatic carbocycles. The average Bonchev–Trinajstić information content (AvgIpc) is 2.34. The number of nitrogens with one attached hydrogen (secondary N) is 1. The Kier molecular flexibility index (Phi) is 4.95. The van der Waals surface area contributed by atoms with E-state index >= 15 is 0 Å². The van der Waals surface area contributed by atoms with Crippen molar-refractivity contribution in [1.82, 2.24) is 4.98 Å². The van der Waals surface area contributed by atoms with Crippen molar-refractivity contribution in [3.05, 3.63) is 23.9 Å². The van der Waals surface area contributed by atoms with E-state index in [0.717, 1.165) is 0 Å². The summed E-state index contributed by atoms with van der Waals surface area (Å²) in [5, 5.41) is 20.3. The fourth-order valence-corrected chi connectivity index (χ4v) is 1.35. The molecule has 1 unspecified atom stereocenters. The minimum absolute atomic E-state index is 0.175. The summed E-state index contributed by atoms with van der Waals surface area (Å²) < 4.78 is 0. The van der Waals surface area contributed by atoms with Crippen LogP contribution in [0.4, 0.5) is 5.82 Å². The molecule has 5 nitrogen and oxygen atoms in total. The third-order valence-electron chi connectivity index (χ3n) is 2.37. The van der Waals surface area contributed by atoms with E-state index in [1.54, 1.807) is 18.3 Å². The maximum atomic E-state index is 10.4. The van der Waals surface area contributed by atoms with E-state index in [1.807, 2.05) is 13.0 Å². The standard InChI is InChI=1S/C12H15N3O2/c1-9(2-3-12(16)17)8-15-11-6-10(7-13)4-5-14-11/h4-6,9H,2-3,8H2,1H3,(H,14,15)(H,16,17). The molecular formula is C12H15N3O2. The summed E-state index contributed by atoms with van der Waals surface area (Å²) >= 11 is 0. The highest BCUT2D eigenvalue weighted by atomic mass is 16.4. The lowest BCUT2D eigenvalue weighted by Crippen LogP contribution is -2.13. The van der Waals surface area contributed by atoms with Gasteiger partial charge in [0.15, 0.2) is 0 Å². The van der Waals surface area contributed by atoms with Gasteiger partial charge in [-0.05, 0) is 24.5 Å². The van der Waals surface area contributed by atoms with Gasteiger partial charge in [-0.2, -0.15) is 5.26 Å². The lowest BCUT2D eigenvalue weighted by atomic mass is 10.1. The first kappa shape index (κ1) is 13.0. The van der Waals surface area contributed by atoms with Crippen LogP contribution in [-0.4, -0.2) is 22.6 Å². The molecule has 5 heteroatoms. The van der Waals surface area contributed by atoms with Crippen molar-refractivity contribution in [2.24, 2.45) is 5.92 Å². The summed E-state index contributed by atoms with van der Waals surface area (Å²) in [5.74, 6) is 0.117. The van der Waals surface area contributed by atoms with E-state index in [-0.39, 0.29) is 12.3 Å². The molecule has 0 saturated carbocycles. The molecule has 1 atom stereocenters. The third kappa shape index (κ3) is 4.98. The second-order valence-corrected chi connectivity index (χ2v) is 3.96. The number of carboxylic acid groups (broad SMARTS) is 1. The van der Waals surface area contributed by atoms with Crippen LogP contribution in [0.2, 0.25) is 0 Å². The van der Waals surface area contributed by atoms with E-state index in [9.17, 15) is 4.79 Å². The van der Waals surface area contributed by atoms with Crippen molar-refractivity contribution in [2.45, 2.75) is 19.8 Å². The van der Waals surface area contributed by atoms with Crippen molar-refractivity contribution in [1.29, 1.82) is 5.26 Å². The summed E-state index contributed by atoms with van der Waals surface area (Å²) in [5.41, 5.74) is 0.556. The first-order valence-electron chi connectivity index (χ1n) is 5.43. The third-order valence-corrected chi connectivity index (χ3v) is 2.37. The minimum atomic E-state index is -0.776. The number of hydrogen-bond acceptors (Lipinski definition) is 4. The Morgan fingerprint density at radius 1 is 1.71 bits per heavy atom. The number of nitriles is 1. The average molecular weight is 233 g/mol. The van der Waals surface area contributed by atoms with Crippen LogP contribution in [0.3, 0.4) is 0 Å². The van der Waals surface area contributed by atoms with Gasteiger partial charge in [-0.15, -0.1) is 0 Å². The number of nitrogens with zero attached hydrogens (tertiary/aromatic N) is 2. The van der Waals surface area contributed by atoms with Crippen molar-refractivity contribution in [3.63, 3.8) is 0 Å². The maximum absolute atomic E-state index is 10.4.